The van der Waals surface area contributed by atoms with E-state index in [1.165, 1.54) is 11.3 Å². The van der Waals surface area contributed by atoms with Crippen molar-refractivity contribution in [3.8, 4) is 10.6 Å². The standard InChI is InChI=1S/C15H13N3O2S3/c1-21-12-7-9-13(10-8-12)23(19,20)18-15-17-16-14(22-15)11-5-3-2-4-6-11/h2-10H,1H3,(H,17,18). The molecule has 1 heterocycles. The molecule has 0 fully saturated rings. The number of anilines is 1. The summed E-state index contributed by atoms with van der Waals surface area (Å²) in [6.45, 7) is 0. The minimum atomic E-state index is -3.66. The summed E-state index contributed by atoms with van der Waals surface area (Å²) in [5.41, 5.74) is 0.903. The Kier molecular flexibility index (Phi) is 4.65. The molecule has 3 rings (SSSR count). The molecule has 0 aliphatic carbocycles. The van der Waals surface area contributed by atoms with Crippen LogP contribution in [0.2, 0.25) is 0 Å². The van der Waals surface area contributed by atoms with E-state index in [-0.39, 0.29) is 10.0 Å². The highest BCUT2D eigenvalue weighted by atomic mass is 32.2. The lowest BCUT2D eigenvalue weighted by Gasteiger charge is -2.05. The molecule has 3 aromatic rings. The molecule has 0 atom stereocenters. The first-order chi connectivity index (χ1) is 11.1. The van der Waals surface area contributed by atoms with Crippen LogP contribution < -0.4 is 4.72 Å². The lowest BCUT2D eigenvalue weighted by molar-refractivity contribution is 0.601. The summed E-state index contributed by atoms with van der Waals surface area (Å²) in [7, 11) is -3.66. The predicted octanol–water partition coefficient (Wildman–Crippen LogP) is 3.73. The number of thioether (sulfide) groups is 1. The van der Waals surface area contributed by atoms with Crippen molar-refractivity contribution in [1.29, 1.82) is 0 Å². The van der Waals surface area contributed by atoms with Gasteiger partial charge in [-0.1, -0.05) is 41.7 Å². The molecule has 1 N–H and O–H groups in total. The maximum atomic E-state index is 12.4. The summed E-state index contributed by atoms with van der Waals surface area (Å²) in [6, 6.07) is 16.2. The SMILES string of the molecule is CSc1ccc(S(=O)(=O)Nc2nnc(-c3ccccc3)s2)cc1. The summed E-state index contributed by atoms with van der Waals surface area (Å²) in [6.07, 6.45) is 1.94. The second-order valence-electron chi connectivity index (χ2n) is 4.56. The van der Waals surface area contributed by atoms with Crippen molar-refractivity contribution < 1.29 is 8.42 Å². The van der Waals surface area contributed by atoms with Gasteiger partial charge in [0, 0.05) is 10.5 Å². The van der Waals surface area contributed by atoms with Gasteiger partial charge in [0.1, 0.15) is 5.01 Å². The fourth-order valence-electron chi connectivity index (χ4n) is 1.89. The fourth-order valence-corrected chi connectivity index (χ4v) is 4.28. The van der Waals surface area contributed by atoms with Crippen molar-refractivity contribution >= 4 is 38.3 Å². The van der Waals surface area contributed by atoms with E-state index in [1.54, 1.807) is 36.0 Å². The molecule has 2 aromatic carbocycles. The van der Waals surface area contributed by atoms with Gasteiger partial charge in [-0.25, -0.2) is 8.42 Å². The predicted molar refractivity (Wildman–Crippen MR) is 94.4 cm³/mol. The van der Waals surface area contributed by atoms with E-state index in [0.29, 0.717) is 5.01 Å². The van der Waals surface area contributed by atoms with Crippen molar-refractivity contribution in [1.82, 2.24) is 10.2 Å². The zero-order valence-corrected chi connectivity index (χ0v) is 14.6. The second kappa shape index (κ2) is 6.69. The van der Waals surface area contributed by atoms with Crippen LogP contribution in [-0.4, -0.2) is 24.9 Å². The van der Waals surface area contributed by atoms with Gasteiger partial charge in [0.15, 0.2) is 0 Å². The Balaban J connectivity index is 1.82. The van der Waals surface area contributed by atoms with E-state index < -0.39 is 10.0 Å². The van der Waals surface area contributed by atoms with Crippen molar-refractivity contribution in [2.24, 2.45) is 0 Å². The molecule has 0 aliphatic heterocycles. The van der Waals surface area contributed by atoms with Crippen LogP contribution in [-0.2, 0) is 10.0 Å². The average Bonchev–Trinajstić information content (AvgIpc) is 3.03. The minimum absolute atomic E-state index is 0.201. The van der Waals surface area contributed by atoms with Gasteiger partial charge in [-0.05, 0) is 30.5 Å². The van der Waals surface area contributed by atoms with Crippen molar-refractivity contribution in [3.05, 3.63) is 54.6 Å². The first-order valence-electron chi connectivity index (χ1n) is 6.64. The highest BCUT2D eigenvalue weighted by Gasteiger charge is 2.17. The summed E-state index contributed by atoms with van der Waals surface area (Å²) >= 11 is 2.76. The molecule has 1 aromatic heterocycles. The topological polar surface area (TPSA) is 72.0 Å². The molecule has 0 saturated carbocycles. The lowest BCUT2D eigenvalue weighted by atomic mass is 10.2. The molecule has 0 radical (unpaired) electrons. The van der Waals surface area contributed by atoms with Crippen LogP contribution in [0.5, 0.6) is 0 Å². The molecule has 0 saturated heterocycles. The molecule has 8 heteroatoms. The summed E-state index contributed by atoms with van der Waals surface area (Å²) in [5.74, 6) is 0. The average molecular weight is 363 g/mol. The molecule has 0 amide bonds. The molecule has 0 bridgehead atoms. The number of nitrogens with zero attached hydrogens (tertiary/aromatic N) is 2. The molecule has 23 heavy (non-hydrogen) atoms. The van der Waals surface area contributed by atoms with Gasteiger partial charge in [0.05, 0.1) is 4.90 Å². The molecular formula is C15H13N3O2S3. The van der Waals surface area contributed by atoms with Crippen molar-refractivity contribution in [2.45, 2.75) is 9.79 Å². The van der Waals surface area contributed by atoms with Gasteiger partial charge in [0.25, 0.3) is 10.0 Å². The molecule has 0 aliphatic rings. The van der Waals surface area contributed by atoms with Crippen LogP contribution in [0.3, 0.4) is 0 Å². The van der Waals surface area contributed by atoms with Gasteiger partial charge in [-0.2, -0.15) is 0 Å². The number of benzene rings is 2. The maximum Gasteiger partial charge on any atom is 0.263 e. The molecule has 0 spiro atoms. The Labute approximate surface area is 142 Å². The zero-order chi connectivity index (χ0) is 16.3. The summed E-state index contributed by atoms with van der Waals surface area (Å²) in [5, 5.41) is 8.86. The monoisotopic (exact) mass is 363 g/mol. The van der Waals surface area contributed by atoms with Gasteiger partial charge in [-0.15, -0.1) is 22.0 Å². The maximum absolute atomic E-state index is 12.4. The first kappa shape index (κ1) is 16.0. The quantitative estimate of drug-likeness (QED) is 0.699. The van der Waals surface area contributed by atoms with E-state index in [4.69, 9.17) is 0 Å². The normalized spacial score (nSPS) is 11.3. The van der Waals surface area contributed by atoms with Gasteiger partial charge >= 0.3 is 0 Å². The lowest BCUT2D eigenvalue weighted by Crippen LogP contribution is -2.12. The van der Waals surface area contributed by atoms with Crippen LogP contribution in [0.15, 0.2) is 64.4 Å². The van der Waals surface area contributed by atoms with E-state index in [1.807, 2.05) is 36.6 Å². The number of sulfonamides is 1. The number of hydrogen-bond acceptors (Lipinski definition) is 6. The number of hydrogen-bond donors (Lipinski definition) is 1. The third-order valence-electron chi connectivity index (χ3n) is 3.04. The Bertz CT molecular complexity index is 891. The summed E-state index contributed by atoms with van der Waals surface area (Å²) < 4.78 is 27.2. The Morgan fingerprint density at radius 3 is 2.35 bits per heavy atom. The largest absolute Gasteiger partial charge is 0.263 e. The molecule has 118 valence electrons. The van der Waals surface area contributed by atoms with Gasteiger partial charge in [-0.3, -0.25) is 4.72 Å². The third kappa shape index (κ3) is 3.72. The van der Waals surface area contributed by atoms with E-state index in [2.05, 4.69) is 14.9 Å². The molecule has 5 nitrogen and oxygen atoms in total. The Morgan fingerprint density at radius 2 is 1.70 bits per heavy atom. The zero-order valence-electron chi connectivity index (χ0n) is 12.1. The Hall–Kier alpha value is -1.90. The number of aromatic nitrogens is 2. The Morgan fingerprint density at radius 1 is 1.00 bits per heavy atom. The fraction of sp³-hybridized carbons (Fsp3) is 0.0667. The van der Waals surface area contributed by atoms with Crippen LogP contribution >= 0.6 is 23.1 Å². The van der Waals surface area contributed by atoms with Crippen LogP contribution in [0.4, 0.5) is 5.13 Å². The molecular weight excluding hydrogens is 350 g/mol. The highest BCUT2D eigenvalue weighted by molar-refractivity contribution is 7.98. The van der Waals surface area contributed by atoms with E-state index in [0.717, 1.165) is 10.5 Å². The smallest absolute Gasteiger partial charge is 0.253 e. The first-order valence-corrected chi connectivity index (χ1v) is 10.2. The summed E-state index contributed by atoms with van der Waals surface area (Å²) in [4.78, 5) is 1.21. The van der Waals surface area contributed by atoms with Crippen LogP contribution in [0, 0.1) is 0 Å². The van der Waals surface area contributed by atoms with Gasteiger partial charge in [0.2, 0.25) is 5.13 Å². The third-order valence-corrected chi connectivity index (χ3v) is 6.15. The van der Waals surface area contributed by atoms with Crippen LogP contribution in [0.1, 0.15) is 0 Å². The highest BCUT2D eigenvalue weighted by Crippen LogP contribution is 2.27. The molecule has 0 unspecified atom stereocenters. The van der Waals surface area contributed by atoms with Crippen molar-refractivity contribution in [3.63, 3.8) is 0 Å². The van der Waals surface area contributed by atoms with Gasteiger partial charge < -0.3 is 0 Å². The minimum Gasteiger partial charge on any atom is -0.253 e. The van der Waals surface area contributed by atoms with E-state index >= 15 is 0 Å². The number of nitrogens with one attached hydrogen (secondary N) is 1. The number of rotatable bonds is 5. The van der Waals surface area contributed by atoms with E-state index in [9.17, 15) is 8.42 Å². The van der Waals surface area contributed by atoms with Crippen LogP contribution in [0.25, 0.3) is 10.6 Å². The second-order valence-corrected chi connectivity index (χ2v) is 8.10. The van der Waals surface area contributed by atoms with Crippen molar-refractivity contribution in [2.75, 3.05) is 11.0 Å².